The van der Waals surface area contributed by atoms with Gasteiger partial charge in [0.1, 0.15) is 18.4 Å². The second-order valence-corrected chi connectivity index (χ2v) is 13.0. The van der Waals surface area contributed by atoms with Gasteiger partial charge in [-0.15, -0.1) is 0 Å². The van der Waals surface area contributed by atoms with E-state index in [9.17, 15) is 9.46 Å². The molecule has 0 aliphatic carbocycles. The minimum absolute atomic E-state index is 0.189. The van der Waals surface area contributed by atoms with Gasteiger partial charge in [0.25, 0.3) is 0 Å². The highest BCUT2D eigenvalue weighted by Crippen LogP contribution is 2.42. The van der Waals surface area contributed by atoms with Crippen LogP contribution in [0.2, 0.25) is 5.02 Å². The Balaban J connectivity index is 1.10. The lowest BCUT2D eigenvalue weighted by Crippen LogP contribution is -2.22. The summed E-state index contributed by atoms with van der Waals surface area (Å²) in [5, 5.41) is 8.34. The molecular formula is C30H47ClN7O4P. The Labute approximate surface area is 260 Å². The maximum absolute atomic E-state index is 12.3. The summed E-state index contributed by atoms with van der Waals surface area (Å²) < 4.78 is 23.0. The molecule has 0 radical (unpaired) electrons. The minimum Gasteiger partial charge on any atom is -0.393 e. The first-order chi connectivity index (χ1) is 20.7. The summed E-state index contributed by atoms with van der Waals surface area (Å²) >= 11 is 6.07. The number of unbranched alkanes of at least 4 members (excludes halogenated alkanes) is 10. The normalized spacial score (nSPS) is 13.6. The zero-order valence-corrected chi connectivity index (χ0v) is 26.8. The van der Waals surface area contributed by atoms with Crippen molar-refractivity contribution in [1.29, 1.82) is 0 Å². The lowest BCUT2D eigenvalue weighted by Gasteiger charge is -2.18. The summed E-state index contributed by atoms with van der Waals surface area (Å²) in [5.41, 5.74) is 13.8. The zero-order chi connectivity index (χ0) is 30.9. The molecule has 13 heteroatoms. The molecule has 43 heavy (non-hydrogen) atoms. The molecule has 0 saturated heterocycles. The molecule has 3 aromatic rings. The lowest BCUT2D eigenvalue weighted by atomic mass is 10.1. The van der Waals surface area contributed by atoms with Crippen LogP contribution in [0.25, 0.3) is 10.9 Å². The highest BCUT2D eigenvalue weighted by molar-refractivity contribution is 7.52. The number of ether oxygens (including phenoxy) is 1. The van der Waals surface area contributed by atoms with Crippen LogP contribution in [-0.2, 0) is 13.8 Å². The summed E-state index contributed by atoms with van der Waals surface area (Å²) in [6.45, 7) is 3.31. The smallest absolute Gasteiger partial charge is 0.353 e. The number of hydrogen-bond donors (Lipinski definition) is 5. The van der Waals surface area contributed by atoms with Crippen molar-refractivity contribution < 1.29 is 18.7 Å². The molecule has 2 unspecified atom stereocenters. The summed E-state index contributed by atoms with van der Waals surface area (Å²) in [7, 11) is -3.80. The number of nitrogens with two attached hydrogens (primary N) is 2. The number of anilines is 4. The van der Waals surface area contributed by atoms with Crippen LogP contribution in [0.3, 0.4) is 0 Å². The molecule has 7 N–H and O–H groups in total. The van der Waals surface area contributed by atoms with Gasteiger partial charge in [-0.1, -0.05) is 69.4 Å². The molecule has 0 aliphatic rings. The van der Waals surface area contributed by atoms with Crippen LogP contribution < -0.4 is 22.1 Å². The summed E-state index contributed by atoms with van der Waals surface area (Å²) in [4.78, 5) is 22.3. The van der Waals surface area contributed by atoms with Crippen molar-refractivity contribution in [2.45, 2.75) is 83.7 Å². The lowest BCUT2D eigenvalue weighted by molar-refractivity contribution is 0.0908. The molecule has 0 bridgehead atoms. The van der Waals surface area contributed by atoms with E-state index in [-0.39, 0.29) is 30.6 Å². The SMILES string of the molecule is CC(CNc1ncnc(N)c1N)OCP(=O)(O)OCCCCCCCCCCCCCNc1ccnc2cc(Cl)ccc12. The van der Waals surface area contributed by atoms with Crippen LogP contribution in [0.5, 0.6) is 0 Å². The molecular weight excluding hydrogens is 589 g/mol. The van der Waals surface area contributed by atoms with Gasteiger partial charge in [0.05, 0.1) is 18.2 Å². The molecule has 2 aromatic heterocycles. The first-order valence-electron chi connectivity index (χ1n) is 15.2. The first-order valence-corrected chi connectivity index (χ1v) is 17.3. The Hall–Kier alpha value is -2.69. The van der Waals surface area contributed by atoms with E-state index in [1.807, 2.05) is 30.5 Å². The van der Waals surface area contributed by atoms with Crippen molar-refractivity contribution >= 4 is 53.1 Å². The van der Waals surface area contributed by atoms with E-state index < -0.39 is 7.60 Å². The van der Waals surface area contributed by atoms with Gasteiger partial charge in [0.2, 0.25) is 0 Å². The number of nitrogens with zero attached hydrogens (tertiary/aromatic N) is 3. The number of benzene rings is 1. The maximum atomic E-state index is 12.3. The van der Waals surface area contributed by atoms with E-state index in [1.54, 1.807) is 6.92 Å². The van der Waals surface area contributed by atoms with Crippen molar-refractivity contribution in [3.05, 3.63) is 41.8 Å². The number of pyridine rings is 1. The van der Waals surface area contributed by atoms with Crippen molar-refractivity contribution in [3.8, 4) is 0 Å². The predicted octanol–water partition coefficient (Wildman–Crippen LogP) is 7.22. The van der Waals surface area contributed by atoms with Crippen molar-refractivity contribution in [3.63, 3.8) is 0 Å². The molecule has 0 saturated carbocycles. The fourth-order valence-corrected chi connectivity index (χ4v) is 5.73. The third kappa shape index (κ3) is 13.2. The molecule has 0 aliphatic heterocycles. The Morgan fingerprint density at radius 1 is 0.930 bits per heavy atom. The van der Waals surface area contributed by atoms with Crippen molar-refractivity contribution in [1.82, 2.24) is 15.0 Å². The first kappa shape index (κ1) is 34.8. The topological polar surface area (TPSA) is 171 Å². The molecule has 11 nitrogen and oxygen atoms in total. The van der Waals surface area contributed by atoms with Crippen molar-refractivity contribution in [2.24, 2.45) is 0 Å². The Bertz CT molecular complexity index is 1300. The summed E-state index contributed by atoms with van der Waals surface area (Å²) in [5.74, 6) is 0.586. The zero-order valence-electron chi connectivity index (χ0n) is 25.1. The van der Waals surface area contributed by atoms with Gasteiger partial charge in [-0.25, -0.2) is 9.97 Å². The molecule has 0 amide bonds. The third-order valence-corrected chi connectivity index (χ3v) is 8.42. The fraction of sp³-hybridized carbons (Fsp3) is 0.567. The Kier molecular flexibility index (Phi) is 15.3. The van der Waals surface area contributed by atoms with Crippen LogP contribution >= 0.6 is 19.2 Å². The average molecular weight is 636 g/mol. The van der Waals surface area contributed by atoms with Crippen LogP contribution in [0.15, 0.2) is 36.8 Å². The monoisotopic (exact) mass is 635 g/mol. The number of nitrogen functional groups attached to an aromatic ring is 2. The van der Waals surface area contributed by atoms with Gasteiger partial charge in [-0.05, 0) is 44.0 Å². The number of nitrogens with one attached hydrogen (secondary N) is 2. The van der Waals surface area contributed by atoms with E-state index in [2.05, 4.69) is 25.6 Å². The van der Waals surface area contributed by atoms with Gasteiger partial charge in [0, 0.05) is 35.4 Å². The number of aromatic nitrogens is 3. The van der Waals surface area contributed by atoms with Gasteiger partial charge >= 0.3 is 7.60 Å². The van der Waals surface area contributed by atoms with Crippen LogP contribution in [0, 0.1) is 0 Å². The molecule has 1 aromatic carbocycles. The van der Waals surface area contributed by atoms with E-state index in [1.165, 1.54) is 51.3 Å². The summed E-state index contributed by atoms with van der Waals surface area (Å²) in [6.07, 6.45) is 15.1. The Morgan fingerprint density at radius 3 is 2.33 bits per heavy atom. The molecule has 238 valence electrons. The molecule has 3 rings (SSSR count). The number of rotatable bonds is 22. The number of fused-ring (bicyclic) bond motifs is 1. The van der Waals surface area contributed by atoms with Gasteiger partial charge in [-0.2, -0.15) is 0 Å². The second-order valence-electron chi connectivity index (χ2n) is 10.8. The molecule has 0 fully saturated rings. The highest BCUT2D eigenvalue weighted by Gasteiger charge is 2.21. The average Bonchev–Trinajstić information content (AvgIpc) is 2.98. The summed E-state index contributed by atoms with van der Waals surface area (Å²) in [6, 6.07) is 7.83. The van der Waals surface area contributed by atoms with Gasteiger partial charge in [-0.3, -0.25) is 9.55 Å². The van der Waals surface area contributed by atoms with E-state index in [0.29, 0.717) is 17.4 Å². The van der Waals surface area contributed by atoms with Crippen LogP contribution in [0.4, 0.5) is 23.0 Å². The fourth-order valence-electron chi connectivity index (χ4n) is 4.63. The highest BCUT2D eigenvalue weighted by atomic mass is 35.5. The minimum atomic E-state index is -3.80. The van der Waals surface area contributed by atoms with Gasteiger partial charge in [0.15, 0.2) is 11.6 Å². The third-order valence-electron chi connectivity index (χ3n) is 7.13. The Morgan fingerprint density at radius 2 is 1.60 bits per heavy atom. The van der Waals surface area contributed by atoms with Gasteiger partial charge < -0.3 is 36.3 Å². The molecule has 0 spiro atoms. The largest absolute Gasteiger partial charge is 0.393 e. The second kappa shape index (κ2) is 18.9. The predicted molar refractivity (Wildman–Crippen MR) is 177 cm³/mol. The van der Waals surface area contributed by atoms with Crippen LogP contribution in [0.1, 0.15) is 77.6 Å². The maximum Gasteiger partial charge on any atom is 0.353 e. The van der Waals surface area contributed by atoms with Crippen molar-refractivity contribution in [2.75, 3.05) is 48.1 Å². The van der Waals surface area contributed by atoms with E-state index in [0.717, 1.165) is 48.8 Å². The molecule has 2 atom stereocenters. The molecule has 2 heterocycles. The number of hydrogen-bond acceptors (Lipinski definition) is 10. The van der Waals surface area contributed by atoms with Crippen LogP contribution in [-0.4, -0.2) is 52.0 Å². The van der Waals surface area contributed by atoms with E-state index >= 15 is 0 Å². The number of halogens is 1. The standard InChI is InChI=1S/C30H47ClN7O4P/c1-23(20-36-30-28(32)29(33)37-21-38-30)41-22-43(39,40)42-18-12-10-8-6-4-2-3-5-7-9-11-16-34-26-15-17-35-27-19-24(31)13-14-25(26)27/h13-15,17,19,21,23H,2-12,16,18,20,22,32H2,1H3,(H,34,35)(H,39,40)(H3,33,36,37,38). The van der Waals surface area contributed by atoms with E-state index in [4.69, 9.17) is 32.3 Å². The quantitative estimate of drug-likeness (QED) is 0.0557.